The third-order valence-corrected chi connectivity index (χ3v) is 4.70. The standard InChI is InChI=1S/C14H24N4S.HI/c1-18(2)12(13-7-4-8-19-13)10-17-14(15)16-9-11-5-3-6-11;/h4,7-8,11-12H,3,5-6,9-10H2,1-2H3,(H3,15,16,17);1H. The Bertz CT molecular complexity index is 401. The fourth-order valence-corrected chi connectivity index (χ4v) is 3.09. The van der Waals surface area contributed by atoms with Crippen molar-refractivity contribution in [3.8, 4) is 0 Å². The number of rotatable bonds is 6. The zero-order valence-corrected chi connectivity index (χ0v) is 15.4. The normalized spacial score (nSPS) is 17.4. The Hall–Kier alpha value is -0.340. The predicted octanol–water partition coefficient (Wildman–Crippen LogP) is 2.67. The number of hydrogen-bond acceptors (Lipinski definition) is 3. The first-order valence-electron chi connectivity index (χ1n) is 6.90. The zero-order valence-electron chi connectivity index (χ0n) is 12.2. The molecular formula is C14H25IN4S. The van der Waals surface area contributed by atoms with E-state index < -0.39 is 0 Å². The minimum atomic E-state index is 0. The third-order valence-electron chi connectivity index (χ3n) is 3.73. The van der Waals surface area contributed by atoms with Crippen molar-refractivity contribution in [3.05, 3.63) is 22.4 Å². The van der Waals surface area contributed by atoms with Gasteiger partial charge in [-0.2, -0.15) is 0 Å². The minimum absolute atomic E-state index is 0. The molecule has 1 aliphatic carbocycles. The van der Waals surface area contributed by atoms with Gasteiger partial charge in [0, 0.05) is 11.4 Å². The van der Waals surface area contributed by atoms with Crippen molar-refractivity contribution in [2.75, 3.05) is 27.2 Å². The number of hydrogen-bond donors (Lipinski definition) is 2. The van der Waals surface area contributed by atoms with E-state index in [4.69, 9.17) is 5.73 Å². The quantitative estimate of drug-likeness (QED) is 0.432. The Kier molecular flexibility index (Phi) is 7.83. The Balaban J connectivity index is 0.00000200. The minimum Gasteiger partial charge on any atom is -0.370 e. The van der Waals surface area contributed by atoms with E-state index in [-0.39, 0.29) is 24.0 Å². The van der Waals surface area contributed by atoms with Crippen LogP contribution in [0.4, 0.5) is 0 Å². The largest absolute Gasteiger partial charge is 0.370 e. The average molecular weight is 408 g/mol. The van der Waals surface area contributed by atoms with E-state index in [0.717, 1.165) is 12.5 Å². The fourth-order valence-electron chi connectivity index (χ4n) is 2.18. The van der Waals surface area contributed by atoms with Gasteiger partial charge in [0.05, 0.1) is 12.6 Å². The maximum atomic E-state index is 5.93. The van der Waals surface area contributed by atoms with Crippen LogP contribution in [0.3, 0.4) is 0 Å². The van der Waals surface area contributed by atoms with Crippen molar-refractivity contribution in [2.24, 2.45) is 16.6 Å². The molecule has 1 saturated carbocycles. The lowest BCUT2D eigenvalue weighted by Gasteiger charge is -2.26. The molecule has 3 N–H and O–H groups in total. The average Bonchev–Trinajstić information content (AvgIpc) is 2.80. The maximum Gasteiger partial charge on any atom is 0.188 e. The molecule has 0 amide bonds. The summed E-state index contributed by atoms with van der Waals surface area (Å²) in [6, 6.07) is 4.55. The van der Waals surface area contributed by atoms with Crippen molar-refractivity contribution in [1.29, 1.82) is 0 Å². The van der Waals surface area contributed by atoms with Gasteiger partial charge in [0.25, 0.3) is 0 Å². The topological polar surface area (TPSA) is 53.6 Å². The fraction of sp³-hybridized carbons (Fsp3) is 0.643. The summed E-state index contributed by atoms with van der Waals surface area (Å²) in [5.41, 5.74) is 5.93. The first-order valence-corrected chi connectivity index (χ1v) is 7.78. The number of nitrogens with one attached hydrogen (secondary N) is 1. The highest BCUT2D eigenvalue weighted by Crippen LogP contribution is 2.25. The molecule has 0 radical (unpaired) electrons. The predicted molar refractivity (Wildman–Crippen MR) is 98.0 cm³/mol. The molecule has 6 heteroatoms. The molecule has 1 heterocycles. The Morgan fingerprint density at radius 3 is 2.80 bits per heavy atom. The summed E-state index contributed by atoms with van der Waals surface area (Å²) in [6.45, 7) is 1.68. The van der Waals surface area contributed by atoms with Crippen molar-refractivity contribution >= 4 is 41.3 Å². The van der Waals surface area contributed by atoms with Gasteiger partial charge in [-0.25, -0.2) is 0 Å². The monoisotopic (exact) mass is 408 g/mol. The molecule has 20 heavy (non-hydrogen) atoms. The lowest BCUT2D eigenvalue weighted by Crippen LogP contribution is -2.38. The maximum absolute atomic E-state index is 5.93. The SMILES string of the molecule is CN(C)C(CN=C(N)NCC1CCC1)c1cccs1.I. The summed E-state index contributed by atoms with van der Waals surface area (Å²) in [7, 11) is 4.16. The number of halogens is 1. The van der Waals surface area contributed by atoms with Gasteiger partial charge in [-0.05, 0) is 44.3 Å². The van der Waals surface area contributed by atoms with Crippen molar-refractivity contribution in [2.45, 2.75) is 25.3 Å². The van der Waals surface area contributed by atoms with Crippen LogP contribution in [0.1, 0.15) is 30.2 Å². The van der Waals surface area contributed by atoms with Crippen molar-refractivity contribution < 1.29 is 0 Å². The van der Waals surface area contributed by atoms with Gasteiger partial charge < -0.3 is 16.0 Å². The van der Waals surface area contributed by atoms with Crippen LogP contribution < -0.4 is 11.1 Å². The summed E-state index contributed by atoms with van der Waals surface area (Å²) in [6.07, 6.45) is 4.02. The van der Waals surface area contributed by atoms with Gasteiger partial charge in [0.2, 0.25) is 0 Å². The third kappa shape index (κ3) is 5.21. The lowest BCUT2D eigenvalue weighted by molar-refractivity contribution is 0.308. The van der Waals surface area contributed by atoms with Crippen LogP contribution in [0.5, 0.6) is 0 Å². The zero-order chi connectivity index (χ0) is 13.7. The number of thiophene rings is 1. The van der Waals surface area contributed by atoms with Gasteiger partial charge in [0.15, 0.2) is 5.96 Å². The highest BCUT2D eigenvalue weighted by Gasteiger charge is 2.17. The Morgan fingerprint density at radius 2 is 2.30 bits per heavy atom. The van der Waals surface area contributed by atoms with Gasteiger partial charge in [-0.1, -0.05) is 12.5 Å². The second-order valence-corrected chi connectivity index (χ2v) is 6.38. The number of nitrogens with two attached hydrogens (primary N) is 1. The van der Waals surface area contributed by atoms with E-state index in [1.54, 1.807) is 11.3 Å². The van der Waals surface area contributed by atoms with Gasteiger partial charge in [0.1, 0.15) is 0 Å². The Morgan fingerprint density at radius 1 is 1.55 bits per heavy atom. The number of likely N-dealkylation sites (N-methyl/N-ethyl adjacent to an activating group) is 1. The molecule has 1 aromatic heterocycles. The molecule has 0 aliphatic heterocycles. The molecular weight excluding hydrogens is 383 g/mol. The van der Waals surface area contributed by atoms with Crippen molar-refractivity contribution in [3.63, 3.8) is 0 Å². The molecule has 1 aliphatic rings. The molecule has 0 spiro atoms. The molecule has 0 aromatic carbocycles. The molecule has 0 saturated heterocycles. The van der Waals surface area contributed by atoms with Crippen LogP contribution in [0, 0.1) is 5.92 Å². The second-order valence-electron chi connectivity index (χ2n) is 5.40. The molecule has 1 atom stereocenters. The molecule has 1 fully saturated rings. The first-order chi connectivity index (χ1) is 9.16. The Labute approximate surface area is 142 Å². The molecule has 4 nitrogen and oxygen atoms in total. The van der Waals surface area contributed by atoms with Gasteiger partial charge in [-0.3, -0.25) is 4.99 Å². The van der Waals surface area contributed by atoms with Crippen LogP contribution >= 0.6 is 35.3 Å². The summed E-state index contributed by atoms with van der Waals surface area (Å²) in [5, 5.41) is 5.34. The van der Waals surface area contributed by atoms with Gasteiger partial charge >= 0.3 is 0 Å². The van der Waals surface area contributed by atoms with E-state index in [2.05, 4.69) is 46.8 Å². The van der Waals surface area contributed by atoms with E-state index in [1.807, 2.05) is 0 Å². The van der Waals surface area contributed by atoms with Crippen LogP contribution in [-0.2, 0) is 0 Å². The molecule has 1 unspecified atom stereocenters. The number of aliphatic imine (C=N–C) groups is 1. The summed E-state index contributed by atoms with van der Waals surface area (Å²) < 4.78 is 0. The molecule has 2 rings (SSSR count). The van der Waals surface area contributed by atoms with Crippen molar-refractivity contribution in [1.82, 2.24) is 10.2 Å². The smallest absolute Gasteiger partial charge is 0.188 e. The van der Waals surface area contributed by atoms with Crippen LogP contribution in [-0.4, -0.2) is 38.0 Å². The summed E-state index contributed by atoms with van der Waals surface area (Å²) >= 11 is 1.77. The van der Waals surface area contributed by atoms with E-state index in [1.165, 1.54) is 24.1 Å². The molecule has 0 bridgehead atoms. The highest BCUT2D eigenvalue weighted by atomic mass is 127. The molecule has 114 valence electrons. The van der Waals surface area contributed by atoms with E-state index in [9.17, 15) is 0 Å². The lowest BCUT2D eigenvalue weighted by atomic mass is 9.85. The number of guanidine groups is 1. The van der Waals surface area contributed by atoms with Crippen LogP contribution in [0.15, 0.2) is 22.5 Å². The van der Waals surface area contributed by atoms with E-state index in [0.29, 0.717) is 18.5 Å². The summed E-state index contributed by atoms with van der Waals surface area (Å²) in [4.78, 5) is 8.00. The van der Waals surface area contributed by atoms with Gasteiger partial charge in [-0.15, -0.1) is 35.3 Å². The van der Waals surface area contributed by atoms with Crippen LogP contribution in [0.25, 0.3) is 0 Å². The second kappa shape index (κ2) is 8.84. The van der Waals surface area contributed by atoms with Crippen LogP contribution in [0.2, 0.25) is 0 Å². The highest BCUT2D eigenvalue weighted by molar-refractivity contribution is 14.0. The number of nitrogens with zero attached hydrogens (tertiary/aromatic N) is 2. The van der Waals surface area contributed by atoms with E-state index >= 15 is 0 Å². The summed E-state index contributed by atoms with van der Waals surface area (Å²) in [5.74, 6) is 1.38. The first kappa shape index (κ1) is 17.7. The molecule has 1 aromatic rings.